The van der Waals surface area contributed by atoms with Gasteiger partial charge >= 0.3 is 12.1 Å². The fraction of sp³-hybridized carbons (Fsp3) is 0.583. The Hall–Kier alpha value is -2.06. The molecule has 1 aromatic heterocycles. The number of carbonyl (C=O) groups excluding carboxylic acids is 1. The first kappa shape index (κ1) is 17.0. The molecule has 6 nitrogen and oxygen atoms in total. The zero-order valence-electron chi connectivity index (χ0n) is 11.8. The van der Waals surface area contributed by atoms with E-state index in [0.29, 0.717) is 0 Å². The van der Waals surface area contributed by atoms with Crippen LogP contribution >= 0.6 is 0 Å². The predicted octanol–water partition coefficient (Wildman–Crippen LogP) is 1.62. The normalized spacial score (nSPS) is 13.0. The molecule has 1 amide bonds. The van der Waals surface area contributed by atoms with Crippen molar-refractivity contribution in [1.82, 2.24) is 15.1 Å². The van der Waals surface area contributed by atoms with E-state index in [0.717, 1.165) is 0 Å². The maximum atomic E-state index is 13.2. The predicted molar refractivity (Wildman–Crippen MR) is 66.5 cm³/mol. The van der Waals surface area contributed by atoms with Crippen LogP contribution in [0.15, 0.2) is 0 Å². The quantitative estimate of drug-likeness (QED) is 0.866. The molecule has 1 unspecified atom stereocenters. The summed E-state index contributed by atoms with van der Waals surface area (Å²) in [5, 5.41) is 14.2. The highest BCUT2D eigenvalue weighted by Crippen LogP contribution is 2.35. The second-order valence-corrected chi connectivity index (χ2v) is 4.64. The van der Waals surface area contributed by atoms with E-state index in [1.807, 2.05) is 5.32 Å². The average Bonchev–Trinajstić information content (AvgIpc) is 2.57. The number of carbonyl (C=O) groups is 2. The van der Waals surface area contributed by atoms with Crippen LogP contribution in [0, 0.1) is 13.8 Å². The largest absolute Gasteiger partial charge is 0.481 e. The first-order valence-corrected chi connectivity index (χ1v) is 6.12. The summed E-state index contributed by atoms with van der Waals surface area (Å²) in [6.45, 7) is 2.89. The van der Waals surface area contributed by atoms with Gasteiger partial charge in [0.2, 0.25) is 5.91 Å². The number of carboxylic acid groups (broad SMARTS) is 1. The van der Waals surface area contributed by atoms with E-state index in [4.69, 9.17) is 5.11 Å². The minimum atomic E-state index is -4.70. The zero-order valence-corrected chi connectivity index (χ0v) is 11.8. The van der Waals surface area contributed by atoms with Crippen LogP contribution in [-0.4, -0.2) is 32.9 Å². The number of nitrogens with zero attached hydrogens (tertiary/aromatic N) is 2. The molecule has 0 saturated heterocycles. The second kappa shape index (κ2) is 6.15. The second-order valence-electron chi connectivity index (χ2n) is 4.64. The monoisotopic (exact) mass is 307 g/mol. The zero-order chi connectivity index (χ0) is 16.4. The van der Waals surface area contributed by atoms with Gasteiger partial charge in [-0.15, -0.1) is 0 Å². The lowest BCUT2D eigenvalue weighted by molar-refractivity contribution is -0.163. The number of hydrogen-bond donors (Lipinski definition) is 2. The van der Waals surface area contributed by atoms with Gasteiger partial charge in [0.05, 0.1) is 12.1 Å². The summed E-state index contributed by atoms with van der Waals surface area (Å²) in [6, 6.07) is -2.20. The minimum Gasteiger partial charge on any atom is -0.481 e. The van der Waals surface area contributed by atoms with Crippen molar-refractivity contribution in [2.75, 3.05) is 0 Å². The van der Waals surface area contributed by atoms with Gasteiger partial charge in [0, 0.05) is 24.7 Å². The molecule has 1 atom stereocenters. The van der Waals surface area contributed by atoms with Crippen LogP contribution in [0.1, 0.15) is 35.8 Å². The maximum absolute atomic E-state index is 13.2. The Morgan fingerprint density at radius 3 is 2.29 bits per heavy atom. The SMILES string of the molecule is Cc1nn(C)c(C)c1C(NC(=O)CCC(=O)O)C(F)(F)F. The van der Waals surface area contributed by atoms with Gasteiger partial charge in [-0.2, -0.15) is 18.3 Å². The average molecular weight is 307 g/mol. The van der Waals surface area contributed by atoms with Gasteiger partial charge < -0.3 is 10.4 Å². The third-order valence-electron chi connectivity index (χ3n) is 3.05. The summed E-state index contributed by atoms with van der Waals surface area (Å²) in [4.78, 5) is 21.9. The highest BCUT2D eigenvalue weighted by atomic mass is 19.4. The Morgan fingerprint density at radius 2 is 1.90 bits per heavy atom. The van der Waals surface area contributed by atoms with Crippen molar-refractivity contribution in [2.24, 2.45) is 7.05 Å². The molecule has 2 N–H and O–H groups in total. The van der Waals surface area contributed by atoms with Crippen LogP contribution in [0.4, 0.5) is 13.2 Å². The van der Waals surface area contributed by atoms with Gasteiger partial charge in [-0.1, -0.05) is 0 Å². The van der Waals surface area contributed by atoms with Crippen LogP contribution in [-0.2, 0) is 16.6 Å². The fourth-order valence-electron chi connectivity index (χ4n) is 1.98. The van der Waals surface area contributed by atoms with E-state index >= 15 is 0 Å². The molecule has 0 aromatic carbocycles. The first-order valence-electron chi connectivity index (χ1n) is 6.12. The van der Waals surface area contributed by atoms with Crippen molar-refractivity contribution in [2.45, 2.75) is 38.9 Å². The molecule has 9 heteroatoms. The van der Waals surface area contributed by atoms with E-state index < -0.39 is 36.9 Å². The van der Waals surface area contributed by atoms with Crippen molar-refractivity contribution in [3.8, 4) is 0 Å². The van der Waals surface area contributed by atoms with Gasteiger partial charge in [-0.25, -0.2) is 0 Å². The summed E-state index contributed by atoms with van der Waals surface area (Å²) >= 11 is 0. The third-order valence-corrected chi connectivity index (χ3v) is 3.05. The lowest BCUT2D eigenvalue weighted by Gasteiger charge is -2.22. The van der Waals surface area contributed by atoms with Gasteiger partial charge in [0.25, 0.3) is 0 Å². The number of rotatable bonds is 5. The molecule has 0 fully saturated rings. The molecule has 0 aliphatic heterocycles. The van der Waals surface area contributed by atoms with Crippen LogP contribution in [0.25, 0.3) is 0 Å². The van der Waals surface area contributed by atoms with Crippen molar-refractivity contribution in [3.63, 3.8) is 0 Å². The maximum Gasteiger partial charge on any atom is 0.413 e. The van der Waals surface area contributed by atoms with E-state index in [1.165, 1.54) is 25.6 Å². The summed E-state index contributed by atoms with van der Waals surface area (Å²) < 4.78 is 40.8. The van der Waals surface area contributed by atoms with Gasteiger partial charge in [0.1, 0.15) is 0 Å². The van der Waals surface area contributed by atoms with Crippen LogP contribution in [0.5, 0.6) is 0 Å². The molecule has 118 valence electrons. The molecule has 1 rings (SSSR count). The molecule has 21 heavy (non-hydrogen) atoms. The van der Waals surface area contributed by atoms with Gasteiger partial charge in [-0.05, 0) is 13.8 Å². The number of aromatic nitrogens is 2. The number of alkyl halides is 3. The number of carboxylic acids is 1. The molecular weight excluding hydrogens is 291 g/mol. The number of aliphatic carboxylic acids is 1. The standard InChI is InChI=1S/C12H16F3N3O3/c1-6-10(7(2)18(3)17-6)11(12(13,14)15)16-8(19)4-5-9(20)21/h11H,4-5H2,1-3H3,(H,16,19)(H,20,21). The van der Waals surface area contributed by atoms with Crippen LogP contribution in [0.2, 0.25) is 0 Å². The topological polar surface area (TPSA) is 84.2 Å². The van der Waals surface area contributed by atoms with Gasteiger partial charge in [-0.3, -0.25) is 14.3 Å². The molecule has 0 bridgehead atoms. The van der Waals surface area contributed by atoms with Crippen LogP contribution < -0.4 is 5.32 Å². The van der Waals surface area contributed by atoms with E-state index in [2.05, 4.69) is 5.10 Å². The number of amides is 1. The molecule has 1 aromatic rings. The molecule has 0 spiro atoms. The van der Waals surface area contributed by atoms with Crippen molar-refractivity contribution >= 4 is 11.9 Å². The molecule has 1 heterocycles. The third kappa shape index (κ3) is 4.20. The molecule has 0 aliphatic rings. The summed E-state index contributed by atoms with van der Waals surface area (Å²) in [6.07, 6.45) is -5.74. The summed E-state index contributed by atoms with van der Waals surface area (Å²) in [5.41, 5.74) is 0.331. The van der Waals surface area contributed by atoms with Crippen molar-refractivity contribution in [1.29, 1.82) is 0 Å². The van der Waals surface area contributed by atoms with Crippen molar-refractivity contribution < 1.29 is 27.9 Å². The molecule has 0 aliphatic carbocycles. The number of halogens is 3. The minimum absolute atomic E-state index is 0.117. The summed E-state index contributed by atoms with van der Waals surface area (Å²) in [5.74, 6) is -2.22. The Balaban J connectivity index is 3.03. The van der Waals surface area contributed by atoms with E-state index in [1.54, 1.807) is 0 Å². The van der Waals surface area contributed by atoms with Crippen LogP contribution in [0.3, 0.4) is 0 Å². The Bertz CT molecular complexity index is 552. The highest BCUT2D eigenvalue weighted by Gasteiger charge is 2.44. The molecular formula is C12H16F3N3O3. The number of hydrogen-bond acceptors (Lipinski definition) is 3. The van der Waals surface area contributed by atoms with E-state index in [9.17, 15) is 22.8 Å². The fourth-order valence-corrected chi connectivity index (χ4v) is 1.98. The van der Waals surface area contributed by atoms with Crippen molar-refractivity contribution in [3.05, 3.63) is 17.0 Å². The lowest BCUT2D eigenvalue weighted by Crippen LogP contribution is -2.38. The number of aryl methyl sites for hydroxylation is 2. The Morgan fingerprint density at radius 1 is 1.33 bits per heavy atom. The first-order chi connectivity index (χ1) is 9.54. The summed E-state index contributed by atoms with van der Waals surface area (Å²) in [7, 11) is 1.51. The number of nitrogens with one attached hydrogen (secondary N) is 1. The molecule has 0 radical (unpaired) electrons. The Kier molecular flexibility index (Phi) is 4.97. The Labute approximate surface area is 118 Å². The van der Waals surface area contributed by atoms with E-state index in [-0.39, 0.29) is 17.0 Å². The lowest BCUT2D eigenvalue weighted by atomic mass is 10.0. The highest BCUT2D eigenvalue weighted by molar-refractivity contribution is 5.81. The molecule has 0 saturated carbocycles. The van der Waals surface area contributed by atoms with Gasteiger partial charge in [0.15, 0.2) is 6.04 Å². The smallest absolute Gasteiger partial charge is 0.413 e.